The lowest BCUT2D eigenvalue weighted by atomic mass is 10.0. The second-order valence-corrected chi connectivity index (χ2v) is 2.89. The van der Waals surface area contributed by atoms with Gasteiger partial charge in [0.1, 0.15) is 0 Å². The molecule has 0 aromatic heterocycles. The van der Waals surface area contributed by atoms with Crippen LogP contribution >= 0.6 is 0 Å². The standard InChI is InChI=1S/C7H13NO/c1-2-3-7(4-5-7)6(8)9/h2-5H2,1H3,(H2,8,9). The van der Waals surface area contributed by atoms with Gasteiger partial charge in [0.05, 0.1) is 0 Å². The first-order valence-electron chi connectivity index (χ1n) is 3.51. The molecule has 0 radical (unpaired) electrons. The van der Waals surface area contributed by atoms with E-state index in [0.29, 0.717) is 0 Å². The van der Waals surface area contributed by atoms with Gasteiger partial charge in [-0.25, -0.2) is 0 Å². The van der Waals surface area contributed by atoms with Crippen LogP contribution in [-0.2, 0) is 4.79 Å². The number of carbonyl (C=O) groups excluding carboxylic acids is 1. The van der Waals surface area contributed by atoms with E-state index in [1.807, 2.05) is 0 Å². The molecule has 2 heteroatoms. The van der Waals surface area contributed by atoms with Gasteiger partial charge < -0.3 is 5.73 Å². The SMILES string of the molecule is CCCC1(C(N)=O)CC1. The molecule has 0 atom stereocenters. The van der Waals surface area contributed by atoms with E-state index in [1.54, 1.807) is 0 Å². The third kappa shape index (κ3) is 1.07. The molecule has 1 amide bonds. The molecule has 0 aromatic rings. The molecule has 0 bridgehead atoms. The van der Waals surface area contributed by atoms with Crippen molar-refractivity contribution in [1.29, 1.82) is 0 Å². The number of carbonyl (C=O) groups is 1. The van der Waals surface area contributed by atoms with Crippen LogP contribution in [0.4, 0.5) is 0 Å². The van der Waals surface area contributed by atoms with Crippen LogP contribution in [0.1, 0.15) is 32.6 Å². The second kappa shape index (κ2) is 2.01. The summed E-state index contributed by atoms with van der Waals surface area (Å²) < 4.78 is 0. The molecule has 1 rings (SSSR count). The highest BCUT2D eigenvalue weighted by atomic mass is 16.1. The summed E-state index contributed by atoms with van der Waals surface area (Å²) in [6.45, 7) is 2.09. The average Bonchev–Trinajstić information content (AvgIpc) is 2.49. The molecule has 52 valence electrons. The zero-order valence-corrected chi connectivity index (χ0v) is 5.81. The van der Waals surface area contributed by atoms with Crippen molar-refractivity contribution < 1.29 is 4.79 Å². The molecule has 1 saturated carbocycles. The summed E-state index contributed by atoms with van der Waals surface area (Å²) in [5.41, 5.74) is 5.12. The number of hydrogen-bond acceptors (Lipinski definition) is 1. The van der Waals surface area contributed by atoms with E-state index in [4.69, 9.17) is 5.73 Å². The zero-order valence-electron chi connectivity index (χ0n) is 5.81. The van der Waals surface area contributed by atoms with E-state index in [1.165, 1.54) is 0 Å². The maximum Gasteiger partial charge on any atom is 0.223 e. The Kier molecular flexibility index (Phi) is 1.47. The molecule has 2 N–H and O–H groups in total. The van der Waals surface area contributed by atoms with Gasteiger partial charge in [-0.05, 0) is 19.3 Å². The van der Waals surface area contributed by atoms with Gasteiger partial charge >= 0.3 is 0 Å². The third-order valence-electron chi connectivity index (χ3n) is 2.10. The van der Waals surface area contributed by atoms with Gasteiger partial charge in [-0.1, -0.05) is 13.3 Å². The number of rotatable bonds is 3. The minimum absolute atomic E-state index is 0.0608. The maximum atomic E-state index is 10.7. The quantitative estimate of drug-likeness (QED) is 0.605. The first-order chi connectivity index (χ1) is 4.21. The van der Waals surface area contributed by atoms with Crippen LogP contribution in [0.15, 0.2) is 0 Å². The fraction of sp³-hybridized carbons (Fsp3) is 0.857. The van der Waals surface area contributed by atoms with Crippen molar-refractivity contribution in [3.05, 3.63) is 0 Å². The lowest BCUT2D eigenvalue weighted by Gasteiger charge is -2.06. The molecule has 1 aliphatic carbocycles. The zero-order chi connectivity index (χ0) is 6.91. The summed E-state index contributed by atoms with van der Waals surface area (Å²) in [6, 6.07) is 0. The lowest BCUT2D eigenvalue weighted by Crippen LogP contribution is -2.24. The van der Waals surface area contributed by atoms with Crippen molar-refractivity contribution in [2.24, 2.45) is 11.1 Å². The van der Waals surface area contributed by atoms with Crippen LogP contribution in [0.2, 0.25) is 0 Å². The normalized spacial score (nSPS) is 21.4. The predicted octanol–water partition coefficient (Wildman–Crippen LogP) is 1.05. The Hall–Kier alpha value is -0.530. The summed E-state index contributed by atoms with van der Waals surface area (Å²) in [7, 11) is 0. The van der Waals surface area contributed by atoms with Crippen molar-refractivity contribution >= 4 is 5.91 Å². The Balaban J connectivity index is 2.43. The van der Waals surface area contributed by atoms with Crippen LogP contribution in [-0.4, -0.2) is 5.91 Å². The van der Waals surface area contributed by atoms with E-state index in [9.17, 15) is 4.79 Å². The van der Waals surface area contributed by atoms with Crippen molar-refractivity contribution in [3.63, 3.8) is 0 Å². The summed E-state index contributed by atoms with van der Waals surface area (Å²) in [4.78, 5) is 10.7. The molecule has 1 fully saturated rings. The van der Waals surface area contributed by atoms with Gasteiger partial charge in [0.25, 0.3) is 0 Å². The van der Waals surface area contributed by atoms with Crippen LogP contribution in [0.3, 0.4) is 0 Å². The minimum Gasteiger partial charge on any atom is -0.369 e. The van der Waals surface area contributed by atoms with Gasteiger partial charge in [-0.2, -0.15) is 0 Å². The minimum atomic E-state index is -0.0932. The fourth-order valence-electron chi connectivity index (χ4n) is 1.25. The topological polar surface area (TPSA) is 43.1 Å². The van der Waals surface area contributed by atoms with E-state index >= 15 is 0 Å². The molecular formula is C7H13NO. The van der Waals surface area contributed by atoms with E-state index in [-0.39, 0.29) is 11.3 Å². The van der Waals surface area contributed by atoms with E-state index < -0.39 is 0 Å². The number of nitrogens with two attached hydrogens (primary N) is 1. The summed E-state index contributed by atoms with van der Waals surface area (Å²) in [5.74, 6) is -0.0932. The average molecular weight is 127 g/mol. The van der Waals surface area contributed by atoms with Gasteiger partial charge in [0.15, 0.2) is 0 Å². The Morgan fingerprint density at radius 1 is 1.67 bits per heavy atom. The monoisotopic (exact) mass is 127 g/mol. The van der Waals surface area contributed by atoms with E-state index in [2.05, 4.69) is 6.92 Å². The second-order valence-electron chi connectivity index (χ2n) is 2.89. The van der Waals surface area contributed by atoms with Crippen molar-refractivity contribution in [2.45, 2.75) is 32.6 Å². The molecule has 2 nitrogen and oxygen atoms in total. The lowest BCUT2D eigenvalue weighted by molar-refractivity contribution is -0.123. The number of hydrogen-bond donors (Lipinski definition) is 1. The molecule has 0 saturated heterocycles. The molecule has 9 heavy (non-hydrogen) atoms. The van der Waals surface area contributed by atoms with Gasteiger partial charge in [-0.15, -0.1) is 0 Å². The molecular weight excluding hydrogens is 114 g/mol. The number of amides is 1. The van der Waals surface area contributed by atoms with Gasteiger partial charge in [0, 0.05) is 5.41 Å². The van der Waals surface area contributed by atoms with Gasteiger partial charge in [0.2, 0.25) is 5.91 Å². The van der Waals surface area contributed by atoms with Gasteiger partial charge in [-0.3, -0.25) is 4.79 Å². The number of primary amides is 1. The van der Waals surface area contributed by atoms with Crippen molar-refractivity contribution in [3.8, 4) is 0 Å². The molecule has 1 aliphatic rings. The summed E-state index contributed by atoms with van der Waals surface area (Å²) in [5, 5.41) is 0. The van der Waals surface area contributed by atoms with Crippen LogP contribution in [0.25, 0.3) is 0 Å². The molecule has 0 spiro atoms. The first-order valence-corrected chi connectivity index (χ1v) is 3.51. The van der Waals surface area contributed by atoms with E-state index in [0.717, 1.165) is 25.7 Å². The van der Waals surface area contributed by atoms with Crippen LogP contribution < -0.4 is 5.73 Å². The smallest absolute Gasteiger partial charge is 0.223 e. The molecule has 0 heterocycles. The molecule has 0 aromatic carbocycles. The first kappa shape index (κ1) is 6.59. The largest absolute Gasteiger partial charge is 0.369 e. The maximum absolute atomic E-state index is 10.7. The predicted molar refractivity (Wildman–Crippen MR) is 35.8 cm³/mol. The Bertz CT molecular complexity index is 127. The molecule has 0 aliphatic heterocycles. The highest BCUT2D eigenvalue weighted by Crippen LogP contribution is 2.49. The van der Waals surface area contributed by atoms with Crippen LogP contribution in [0, 0.1) is 5.41 Å². The van der Waals surface area contributed by atoms with Crippen molar-refractivity contribution in [1.82, 2.24) is 0 Å². The molecule has 0 unspecified atom stereocenters. The Morgan fingerprint density at radius 3 is 2.33 bits per heavy atom. The Morgan fingerprint density at radius 2 is 2.22 bits per heavy atom. The highest BCUT2D eigenvalue weighted by molar-refractivity contribution is 5.83. The van der Waals surface area contributed by atoms with Crippen LogP contribution in [0.5, 0.6) is 0 Å². The highest BCUT2D eigenvalue weighted by Gasteiger charge is 2.47. The third-order valence-corrected chi connectivity index (χ3v) is 2.10. The fourth-order valence-corrected chi connectivity index (χ4v) is 1.25. The summed E-state index contributed by atoms with van der Waals surface area (Å²) >= 11 is 0. The summed E-state index contributed by atoms with van der Waals surface area (Å²) in [6.07, 6.45) is 4.11. The van der Waals surface area contributed by atoms with Crippen molar-refractivity contribution in [2.75, 3.05) is 0 Å². The Labute approximate surface area is 55.4 Å².